The summed E-state index contributed by atoms with van der Waals surface area (Å²) in [6, 6.07) is 11.8. The summed E-state index contributed by atoms with van der Waals surface area (Å²) in [5, 5.41) is 0.311. The molecule has 118 valence electrons. The van der Waals surface area contributed by atoms with E-state index in [0.717, 1.165) is 4.70 Å². The summed E-state index contributed by atoms with van der Waals surface area (Å²) >= 11 is 1.25. The monoisotopic (exact) mass is 348 g/mol. The maximum absolute atomic E-state index is 12.3. The van der Waals surface area contributed by atoms with Crippen molar-refractivity contribution in [3.05, 3.63) is 42.5 Å². The molecule has 0 atom stereocenters. The fourth-order valence-electron chi connectivity index (χ4n) is 2.28. The smallest absolute Gasteiger partial charge is 0.263 e. The second-order valence-electron chi connectivity index (χ2n) is 4.90. The lowest BCUT2D eigenvalue weighted by molar-refractivity contribution is 0.172. The van der Waals surface area contributed by atoms with E-state index in [2.05, 4.69) is 9.71 Å². The third-order valence-electron chi connectivity index (χ3n) is 3.33. The van der Waals surface area contributed by atoms with Gasteiger partial charge in [-0.15, -0.1) is 0 Å². The van der Waals surface area contributed by atoms with Gasteiger partial charge in [-0.05, 0) is 12.1 Å². The van der Waals surface area contributed by atoms with E-state index in [9.17, 15) is 8.42 Å². The Morgan fingerprint density at radius 3 is 2.48 bits per heavy atom. The number of aromatic nitrogens is 1. The van der Waals surface area contributed by atoms with E-state index in [1.165, 1.54) is 23.5 Å². The Hall–Kier alpha value is -2.32. The molecule has 0 saturated carbocycles. The Balaban J connectivity index is 1.70. The van der Waals surface area contributed by atoms with Crippen LogP contribution >= 0.6 is 11.3 Å². The molecule has 1 aliphatic heterocycles. The molecule has 0 bridgehead atoms. The number of fused-ring (bicyclic) bond motifs is 2. The van der Waals surface area contributed by atoms with E-state index in [-0.39, 0.29) is 4.90 Å². The fraction of sp³-hybridized carbons (Fsp3) is 0.133. The van der Waals surface area contributed by atoms with Crippen molar-refractivity contribution >= 4 is 36.7 Å². The molecule has 8 heteroatoms. The highest BCUT2D eigenvalue weighted by Crippen LogP contribution is 2.38. The molecule has 0 aliphatic carbocycles. The molecule has 2 aromatic carbocycles. The molecule has 6 nitrogen and oxygen atoms in total. The molecule has 0 saturated heterocycles. The van der Waals surface area contributed by atoms with Crippen LogP contribution in [0.15, 0.2) is 47.4 Å². The minimum atomic E-state index is -3.64. The first-order valence-corrected chi connectivity index (χ1v) is 9.20. The van der Waals surface area contributed by atoms with E-state index >= 15 is 0 Å². The predicted molar refractivity (Wildman–Crippen MR) is 87.9 cm³/mol. The van der Waals surface area contributed by atoms with Crippen LogP contribution in [0, 0.1) is 0 Å². The zero-order valence-electron chi connectivity index (χ0n) is 11.9. The van der Waals surface area contributed by atoms with Gasteiger partial charge < -0.3 is 9.47 Å². The van der Waals surface area contributed by atoms with Crippen molar-refractivity contribution in [2.24, 2.45) is 0 Å². The van der Waals surface area contributed by atoms with Gasteiger partial charge in [0.2, 0.25) is 0 Å². The molecule has 0 radical (unpaired) electrons. The van der Waals surface area contributed by atoms with Crippen LogP contribution in [0.2, 0.25) is 0 Å². The van der Waals surface area contributed by atoms with Gasteiger partial charge in [-0.25, -0.2) is 13.4 Å². The quantitative estimate of drug-likeness (QED) is 0.787. The van der Waals surface area contributed by atoms with E-state index in [1.54, 1.807) is 24.3 Å². The first-order valence-electron chi connectivity index (χ1n) is 6.90. The molecule has 23 heavy (non-hydrogen) atoms. The van der Waals surface area contributed by atoms with E-state index in [4.69, 9.17) is 9.47 Å². The maximum Gasteiger partial charge on any atom is 0.263 e. The number of rotatable bonds is 3. The summed E-state index contributed by atoms with van der Waals surface area (Å²) in [5.74, 6) is 1.29. The lowest BCUT2D eigenvalue weighted by Gasteiger charge is -2.17. The third kappa shape index (κ3) is 2.71. The van der Waals surface area contributed by atoms with Crippen molar-refractivity contribution in [2.45, 2.75) is 4.90 Å². The molecule has 0 fully saturated rings. The van der Waals surface area contributed by atoms with Gasteiger partial charge in [0, 0.05) is 12.1 Å². The van der Waals surface area contributed by atoms with Crippen molar-refractivity contribution in [1.82, 2.24) is 4.98 Å². The van der Waals surface area contributed by atoms with Gasteiger partial charge in [0.05, 0.1) is 15.1 Å². The molecule has 1 aliphatic rings. The minimum absolute atomic E-state index is 0.199. The number of hydrogen-bond acceptors (Lipinski definition) is 6. The third-order valence-corrected chi connectivity index (χ3v) is 5.75. The van der Waals surface area contributed by atoms with Crippen LogP contribution in [0.25, 0.3) is 10.2 Å². The van der Waals surface area contributed by atoms with Crippen molar-refractivity contribution in [3.63, 3.8) is 0 Å². The zero-order chi connectivity index (χ0) is 15.9. The van der Waals surface area contributed by atoms with Crippen LogP contribution < -0.4 is 14.2 Å². The highest BCUT2D eigenvalue weighted by molar-refractivity contribution is 7.93. The summed E-state index contributed by atoms with van der Waals surface area (Å²) in [7, 11) is -3.64. The summed E-state index contributed by atoms with van der Waals surface area (Å²) in [6.07, 6.45) is 0. The van der Waals surface area contributed by atoms with Crippen LogP contribution in [0.5, 0.6) is 11.5 Å². The van der Waals surface area contributed by atoms with Gasteiger partial charge in [0.1, 0.15) is 13.2 Å². The Labute approximate surface area is 136 Å². The van der Waals surface area contributed by atoms with E-state index in [1.807, 2.05) is 6.07 Å². The van der Waals surface area contributed by atoms with Gasteiger partial charge in [-0.1, -0.05) is 29.5 Å². The second-order valence-corrected chi connectivity index (χ2v) is 7.61. The second kappa shape index (κ2) is 5.39. The minimum Gasteiger partial charge on any atom is -0.486 e. The number of thiazole rings is 1. The number of sulfonamides is 1. The topological polar surface area (TPSA) is 77.5 Å². The highest BCUT2D eigenvalue weighted by atomic mass is 32.2. The normalized spacial score (nSPS) is 13.9. The van der Waals surface area contributed by atoms with Crippen molar-refractivity contribution in [3.8, 4) is 11.5 Å². The Morgan fingerprint density at radius 2 is 1.74 bits per heavy atom. The molecule has 3 aromatic rings. The Bertz CT molecular complexity index is 925. The summed E-state index contributed by atoms with van der Waals surface area (Å²) in [6.45, 7) is 1.00. The van der Waals surface area contributed by atoms with Crippen LogP contribution in [0.3, 0.4) is 0 Å². The summed E-state index contributed by atoms with van der Waals surface area (Å²) < 4.78 is 39.1. The van der Waals surface area contributed by atoms with Gasteiger partial charge in [0.15, 0.2) is 16.6 Å². The Morgan fingerprint density at radius 1 is 1.04 bits per heavy atom. The number of nitrogens with zero attached hydrogens (tertiary/aromatic N) is 1. The molecule has 1 aromatic heterocycles. The molecule has 2 heterocycles. The number of benzene rings is 2. The van der Waals surface area contributed by atoms with Crippen LogP contribution in [-0.4, -0.2) is 26.6 Å². The number of ether oxygens (including phenoxy) is 2. The molecular formula is C15H12N2O4S2. The largest absolute Gasteiger partial charge is 0.486 e. The predicted octanol–water partition coefficient (Wildman–Crippen LogP) is 2.87. The van der Waals surface area contributed by atoms with Crippen molar-refractivity contribution < 1.29 is 17.9 Å². The number of anilines is 1. The lowest BCUT2D eigenvalue weighted by atomic mass is 10.3. The molecule has 4 rings (SSSR count). The van der Waals surface area contributed by atoms with Gasteiger partial charge >= 0.3 is 0 Å². The average molecular weight is 348 g/mol. The molecular weight excluding hydrogens is 336 g/mol. The fourth-order valence-corrected chi connectivity index (χ4v) is 4.41. The first kappa shape index (κ1) is 14.3. The Kier molecular flexibility index (Phi) is 3.35. The van der Waals surface area contributed by atoms with E-state index < -0.39 is 10.0 Å². The number of hydrogen-bond donors (Lipinski definition) is 1. The molecule has 0 spiro atoms. The molecule has 0 amide bonds. The van der Waals surface area contributed by atoms with Gasteiger partial charge in [0.25, 0.3) is 10.0 Å². The van der Waals surface area contributed by atoms with Crippen molar-refractivity contribution in [2.75, 3.05) is 17.9 Å². The highest BCUT2D eigenvalue weighted by Gasteiger charge is 2.18. The van der Waals surface area contributed by atoms with Gasteiger partial charge in [-0.2, -0.15) is 0 Å². The van der Waals surface area contributed by atoms with Crippen molar-refractivity contribution in [1.29, 1.82) is 0 Å². The van der Waals surface area contributed by atoms with Gasteiger partial charge in [-0.3, -0.25) is 4.72 Å². The lowest BCUT2D eigenvalue weighted by Crippen LogP contribution is -2.15. The molecule has 0 unspecified atom stereocenters. The first-order chi connectivity index (χ1) is 11.1. The summed E-state index contributed by atoms with van der Waals surface area (Å²) in [5.41, 5.74) is 0.671. The van der Waals surface area contributed by atoms with E-state index in [0.29, 0.717) is 35.4 Å². The standard InChI is InChI=1S/C15H12N2O4S2/c18-23(19,10-4-2-1-3-5-10)17-15-16-11-8-12-13(9-14(11)22-15)21-7-6-20-12/h1-5,8-9H,6-7H2,(H,16,17). The molecule has 1 N–H and O–H groups in total. The zero-order valence-corrected chi connectivity index (χ0v) is 13.5. The number of nitrogens with one attached hydrogen (secondary N) is 1. The van der Waals surface area contributed by atoms with Crippen LogP contribution in [0.4, 0.5) is 5.13 Å². The maximum atomic E-state index is 12.3. The van der Waals surface area contributed by atoms with Crippen LogP contribution in [0.1, 0.15) is 0 Å². The SMILES string of the molecule is O=S(=O)(Nc1nc2cc3c(cc2s1)OCCO3)c1ccccc1. The van der Waals surface area contributed by atoms with Crippen LogP contribution in [-0.2, 0) is 10.0 Å². The average Bonchev–Trinajstić information content (AvgIpc) is 2.93. The summed E-state index contributed by atoms with van der Waals surface area (Å²) in [4.78, 5) is 4.52.